The SMILES string of the molecule is CN(C)c1cccc(-c2nc(-c3cn(Cc4cccc(F)c4)nn3)no2)c1. The highest BCUT2D eigenvalue weighted by molar-refractivity contribution is 5.63. The first-order valence-electron chi connectivity index (χ1n) is 8.35. The second kappa shape index (κ2) is 6.99. The molecule has 0 N–H and O–H groups in total. The molecule has 136 valence electrons. The Morgan fingerprint density at radius 3 is 2.78 bits per heavy atom. The molecular weight excluding hydrogens is 347 g/mol. The summed E-state index contributed by atoms with van der Waals surface area (Å²) in [5, 5.41) is 12.1. The molecule has 0 aliphatic heterocycles. The Balaban J connectivity index is 1.55. The third-order valence-electron chi connectivity index (χ3n) is 4.04. The standard InChI is InChI=1S/C19H17FN6O/c1-25(2)16-8-4-6-14(10-16)19-21-18(23-27-19)17-12-26(24-22-17)11-13-5-3-7-15(20)9-13/h3-10,12H,11H2,1-2H3. The molecule has 0 bridgehead atoms. The Hall–Kier alpha value is -3.55. The third kappa shape index (κ3) is 3.69. The maximum atomic E-state index is 13.3. The molecular formula is C19H17FN6O. The fraction of sp³-hybridized carbons (Fsp3) is 0.158. The van der Waals surface area contributed by atoms with Crippen molar-refractivity contribution >= 4 is 5.69 Å². The molecule has 27 heavy (non-hydrogen) atoms. The van der Waals surface area contributed by atoms with Crippen molar-refractivity contribution in [1.29, 1.82) is 0 Å². The van der Waals surface area contributed by atoms with Crippen molar-refractivity contribution in [3.63, 3.8) is 0 Å². The van der Waals surface area contributed by atoms with Gasteiger partial charge < -0.3 is 9.42 Å². The molecule has 0 atom stereocenters. The van der Waals surface area contributed by atoms with E-state index < -0.39 is 0 Å². The van der Waals surface area contributed by atoms with Gasteiger partial charge in [-0.15, -0.1) is 5.10 Å². The van der Waals surface area contributed by atoms with Crippen LogP contribution >= 0.6 is 0 Å². The molecule has 0 amide bonds. The Labute approximate surface area is 155 Å². The van der Waals surface area contributed by atoms with Crippen molar-refractivity contribution in [2.45, 2.75) is 6.54 Å². The Bertz CT molecular complexity index is 1070. The topological polar surface area (TPSA) is 72.9 Å². The van der Waals surface area contributed by atoms with Crippen LogP contribution in [0.1, 0.15) is 5.56 Å². The highest BCUT2D eigenvalue weighted by atomic mass is 19.1. The summed E-state index contributed by atoms with van der Waals surface area (Å²) in [7, 11) is 3.94. The minimum atomic E-state index is -0.282. The molecule has 4 rings (SSSR count). The van der Waals surface area contributed by atoms with Crippen molar-refractivity contribution in [3.05, 3.63) is 66.1 Å². The number of benzene rings is 2. The molecule has 8 heteroatoms. The van der Waals surface area contributed by atoms with E-state index in [9.17, 15) is 4.39 Å². The monoisotopic (exact) mass is 364 g/mol. The second-order valence-electron chi connectivity index (χ2n) is 6.30. The first kappa shape index (κ1) is 16.9. The number of anilines is 1. The van der Waals surface area contributed by atoms with Crippen molar-refractivity contribution in [2.24, 2.45) is 0 Å². The zero-order valence-electron chi connectivity index (χ0n) is 14.9. The average Bonchev–Trinajstić information content (AvgIpc) is 3.31. The Kier molecular flexibility index (Phi) is 4.37. The normalized spacial score (nSPS) is 10.9. The number of halogens is 1. The lowest BCUT2D eigenvalue weighted by molar-refractivity contribution is 0.432. The van der Waals surface area contributed by atoms with Crippen molar-refractivity contribution in [3.8, 4) is 23.0 Å². The lowest BCUT2D eigenvalue weighted by Crippen LogP contribution is -2.08. The van der Waals surface area contributed by atoms with Gasteiger partial charge in [-0.3, -0.25) is 0 Å². The molecule has 0 saturated heterocycles. The quantitative estimate of drug-likeness (QED) is 0.541. The van der Waals surface area contributed by atoms with Gasteiger partial charge in [0.2, 0.25) is 5.82 Å². The van der Waals surface area contributed by atoms with E-state index in [1.165, 1.54) is 12.1 Å². The van der Waals surface area contributed by atoms with Gasteiger partial charge in [0.15, 0.2) is 5.69 Å². The molecule has 0 spiro atoms. The van der Waals surface area contributed by atoms with Crippen LogP contribution in [-0.4, -0.2) is 39.2 Å². The van der Waals surface area contributed by atoms with E-state index >= 15 is 0 Å². The van der Waals surface area contributed by atoms with Crippen LogP contribution in [0.15, 0.2) is 59.3 Å². The molecule has 2 aromatic carbocycles. The molecule has 7 nitrogen and oxygen atoms in total. The first-order valence-corrected chi connectivity index (χ1v) is 8.35. The summed E-state index contributed by atoms with van der Waals surface area (Å²) in [4.78, 5) is 6.41. The average molecular weight is 364 g/mol. The van der Waals surface area contributed by atoms with Crippen molar-refractivity contribution < 1.29 is 8.91 Å². The zero-order chi connectivity index (χ0) is 18.8. The van der Waals surface area contributed by atoms with Crippen LogP contribution in [-0.2, 0) is 6.54 Å². The fourth-order valence-corrected chi connectivity index (χ4v) is 2.66. The number of nitrogens with zero attached hydrogens (tertiary/aromatic N) is 6. The molecule has 0 aliphatic rings. The molecule has 4 aromatic rings. The van der Waals surface area contributed by atoms with Crippen molar-refractivity contribution in [2.75, 3.05) is 19.0 Å². The van der Waals surface area contributed by atoms with Crippen LogP contribution in [0.4, 0.5) is 10.1 Å². The van der Waals surface area contributed by atoms with Crippen LogP contribution in [0.5, 0.6) is 0 Å². The molecule has 2 heterocycles. The third-order valence-corrected chi connectivity index (χ3v) is 4.04. The summed E-state index contributed by atoms with van der Waals surface area (Å²) < 4.78 is 20.3. The van der Waals surface area contributed by atoms with E-state index in [1.807, 2.05) is 49.3 Å². The first-order chi connectivity index (χ1) is 13.1. The van der Waals surface area contributed by atoms with Gasteiger partial charge in [-0.2, -0.15) is 4.98 Å². The summed E-state index contributed by atoms with van der Waals surface area (Å²) in [5.74, 6) is 0.481. The summed E-state index contributed by atoms with van der Waals surface area (Å²) in [6, 6.07) is 14.2. The van der Waals surface area contributed by atoms with Crippen LogP contribution in [0.25, 0.3) is 23.0 Å². The molecule has 0 unspecified atom stereocenters. The molecule has 0 aliphatic carbocycles. The van der Waals surface area contributed by atoms with Gasteiger partial charge in [-0.05, 0) is 35.9 Å². The predicted molar refractivity (Wildman–Crippen MR) is 98.6 cm³/mol. The lowest BCUT2D eigenvalue weighted by atomic mass is 10.2. The highest BCUT2D eigenvalue weighted by Gasteiger charge is 2.14. The Morgan fingerprint density at radius 2 is 1.96 bits per heavy atom. The van der Waals surface area contributed by atoms with Gasteiger partial charge in [0.05, 0.1) is 12.7 Å². The minimum Gasteiger partial charge on any atom is -0.378 e. The van der Waals surface area contributed by atoms with E-state index in [4.69, 9.17) is 4.52 Å². The maximum Gasteiger partial charge on any atom is 0.258 e. The largest absolute Gasteiger partial charge is 0.378 e. The van der Waals surface area contributed by atoms with E-state index in [-0.39, 0.29) is 5.82 Å². The lowest BCUT2D eigenvalue weighted by Gasteiger charge is -2.12. The van der Waals surface area contributed by atoms with Crippen LogP contribution in [0.2, 0.25) is 0 Å². The van der Waals surface area contributed by atoms with Crippen LogP contribution < -0.4 is 4.90 Å². The van der Waals surface area contributed by atoms with Gasteiger partial charge in [0, 0.05) is 25.3 Å². The molecule has 0 radical (unpaired) electrons. The zero-order valence-corrected chi connectivity index (χ0v) is 14.9. The highest BCUT2D eigenvalue weighted by Crippen LogP contribution is 2.24. The second-order valence-corrected chi connectivity index (χ2v) is 6.30. The molecule has 0 fully saturated rings. The van der Waals surface area contributed by atoms with E-state index in [0.29, 0.717) is 24.0 Å². The van der Waals surface area contributed by atoms with Crippen LogP contribution in [0.3, 0.4) is 0 Å². The van der Waals surface area contributed by atoms with Gasteiger partial charge in [-0.25, -0.2) is 9.07 Å². The Morgan fingerprint density at radius 1 is 1.11 bits per heavy atom. The van der Waals surface area contributed by atoms with Crippen molar-refractivity contribution in [1.82, 2.24) is 25.1 Å². The predicted octanol–water partition coefficient (Wildman–Crippen LogP) is 3.25. The van der Waals surface area contributed by atoms with E-state index in [1.54, 1.807) is 16.9 Å². The summed E-state index contributed by atoms with van der Waals surface area (Å²) >= 11 is 0. The smallest absolute Gasteiger partial charge is 0.258 e. The van der Waals surface area contributed by atoms with Gasteiger partial charge >= 0.3 is 0 Å². The number of rotatable bonds is 5. The van der Waals surface area contributed by atoms with Gasteiger partial charge in [-0.1, -0.05) is 28.6 Å². The summed E-state index contributed by atoms with van der Waals surface area (Å²) in [5.41, 5.74) is 3.14. The van der Waals surface area contributed by atoms with Gasteiger partial charge in [0.1, 0.15) is 5.82 Å². The number of hydrogen-bond donors (Lipinski definition) is 0. The summed E-state index contributed by atoms with van der Waals surface area (Å²) in [6.07, 6.45) is 1.70. The number of aromatic nitrogens is 5. The van der Waals surface area contributed by atoms with Gasteiger partial charge in [0.25, 0.3) is 5.89 Å². The number of hydrogen-bond acceptors (Lipinski definition) is 6. The molecule has 2 aromatic heterocycles. The van der Waals surface area contributed by atoms with E-state index in [0.717, 1.165) is 16.8 Å². The van der Waals surface area contributed by atoms with Crippen LogP contribution in [0, 0.1) is 5.82 Å². The fourth-order valence-electron chi connectivity index (χ4n) is 2.66. The van der Waals surface area contributed by atoms with E-state index in [2.05, 4.69) is 20.5 Å². The maximum absolute atomic E-state index is 13.3. The molecule has 0 saturated carbocycles. The minimum absolute atomic E-state index is 0.282. The summed E-state index contributed by atoms with van der Waals surface area (Å²) in [6.45, 7) is 0.403.